The molecule has 1 aliphatic heterocycles. The molecular formula is C22H33N3O4S. The van der Waals surface area contributed by atoms with Gasteiger partial charge in [0, 0.05) is 45.6 Å². The molecule has 166 valence electrons. The number of nitrogens with zero attached hydrogens (tertiary/aromatic N) is 2. The molecule has 0 aromatic heterocycles. The monoisotopic (exact) mass is 435 g/mol. The highest BCUT2D eigenvalue weighted by Crippen LogP contribution is 2.25. The van der Waals surface area contributed by atoms with Crippen LogP contribution in [0.3, 0.4) is 0 Å². The fraction of sp³-hybridized carbons (Fsp3) is 0.636. The summed E-state index contributed by atoms with van der Waals surface area (Å²) in [5.74, 6) is 0.558. The van der Waals surface area contributed by atoms with E-state index in [0.717, 1.165) is 12.3 Å². The van der Waals surface area contributed by atoms with Crippen molar-refractivity contribution in [2.45, 2.75) is 56.3 Å². The van der Waals surface area contributed by atoms with Gasteiger partial charge in [0.25, 0.3) is 0 Å². The Labute approximate surface area is 179 Å². The number of hydrogen-bond donors (Lipinski definition) is 1. The van der Waals surface area contributed by atoms with Crippen LogP contribution in [-0.4, -0.2) is 62.2 Å². The van der Waals surface area contributed by atoms with Gasteiger partial charge < -0.3 is 10.2 Å². The van der Waals surface area contributed by atoms with E-state index in [2.05, 4.69) is 5.32 Å². The zero-order valence-corrected chi connectivity index (χ0v) is 18.4. The summed E-state index contributed by atoms with van der Waals surface area (Å²) in [6.07, 6.45) is 7.84. The Balaban J connectivity index is 1.35. The van der Waals surface area contributed by atoms with Crippen molar-refractivity contribution >= 4 is 21.8 Å². The lowest BCUT2D eigenvalue weighted by Gasteiger charge is -2.34. The molecule has 1 saturated carbocycles. The zero-order valence-electron chi connectivity index (χ0n) is 17.6. The Bertz CT molecular complexity index is 799. The smallest absolute Gasteiger partial charge is 0.243 e. The lowest BCUT2D eigenvalue weighted by molar-refractivity contribution is -0.134. The molecule has 8 heteroatoms. The molecule has 2 amide bonds. The average molecular weight is 436 g/mol. The fourth-order valence-corrected chi connectivity index (χ4v) is 5.72. The summed E-state index contributed by atoms with van der Waals surface area (Å²) in [6, 6.07) is 8.35. The Morgan fingerprint density at radius 3 is 2.27 bits per heavy atom. The maximum Gasteiger partial charge on any atom is 0.243 e. The number of sulfonamides is 1. The van der Waals surface area contributed by atoms with Gasteiger partial charge in [0.15, 0.2) is 0 Å². The van der Waals surface area contributed by atoms with Gasteiger partial charge in [-0.05, 0) is 24.5 Å². The topological polar surface area (TPSA) is 86.8 Å². The van der Waals surface area contributed by atoms with Crippen molar-refractivity contribution in [3.05, 3.63) is 30.3 Å². The van der Waals surface area contributed by atoms with Gasteiger partial charge in [-0.15, -0.1) is 0 Å². The molecule has 1 aliphatic carbocycles. The molecule has 2 fully saturated rings. The standard InChI is InChI=1S/C22H33N3O4S/c26-21(23-14-13-19-7-3-1-4-8-19)11-12-22(27)24-15-17-25(18-16-24)30(28,29)20-9-5-2-6-10-20/h2,5-6,9-10,19H,1,3-4,7-8,11-18H2,(H,23,26). The minimum Gasteiger partial charge on any atom is -0.356 e. The second-order valence-electron chi connectivity index (χ2n) is 8.24. The largest absolute Gasteiger partial charge is 0.356 e. The quantitative estimate of drug-likeness (QED) is 0.679. The predicted molar refractivity (Wildman–Crippen MR) is 115 cm³/mol. The van der Waals surface area contributed by atoms with E-state index in [1.165, 1.54) is 36.4 Å². The minimum absolute atomic E-state index is 0.0792. The van der Waals surface area contributed by atoms with Gasteiger partial charge in [-0.25, -0.2) is 8.42 Å². The summed E-state index contributed by atoms with van der Waals surface area (Å²) in [7, 11) is -3.53. The fourth-order valence-electron chi connectivity index (χ4n) is 4.28. The molecule has 7 nitrogen and oxygen atoms in total. The van der Waals surface area contributed by atoms with Gasteiger partial charge in [0.2, 0.25) is 21.8 Å². The highest BCUT2D eigenvalue weighted by molar-refractivity contribution is 7.89. The van der Waals surface area contributed by atoms with Crippen molar-refractivity contribution in [3.8, 4) is 0 Å². The summed E-state index contributed by atoms with van der Waals surface area (Å²) in [5.41, 5.74) is 0. The summed E-state index contributed by atoms with van der Waals surface area (Å²) < 4.78 is 26.7. The maximum atomic E-state index is 12.7. The molecule has 0 bridgehead atoms. The van der Waals surface area contributed by atoms with Crippen molar-refractivity contribution in [1.29, 1.82) is 0 Å². The molecule has 1 saturated heterocycles. The Morgan fingerprint density at radius 1 is 0.933 bits per heavy atom. The molecule has 0 radical (unpaired) electrons. The Kier molecular flexibility index (Phi) is 8.27. The van der Waals surface area contributed by atoms with Crippen molar-refractivity contribution in [2.75, 3.05) is 32.7 Å². The van der Waals surface area contributed by atoms with Crippen LogP contribution in [0, 0.1) is 5.92 Å². The number of hydrogen-bond acceptors (Lipinski definition) is 4. The number of carbonyl (C=O) groups excluding carboxylic acids is 2. The van der Waals surface area contributed by atoms with E-state index in [-0.39, 0.29) is 42.6 Å². The minimum atomic E-state index is -3.53. The van der Waals surface area contributed by atoms with Crippen molar-refractivity contribution < 1.29 is 18.0 Å². The Morgan fingerprint density at radius 2 is 1.60 bits per heavy atom. The number of benzene rings is 1. The first-order valence-corrected chi connectivity index (χ1v) is 12.5. The van der Waals surface area contributed by atoms with Gasteiger partial charge in [0.05, 0.1) is 4.90 Å². The van der Waals surface area contributed by atoms with Gasteiger partial charge >= 0.3 is 0 Å². The molecule has 0 unspecified atom stereocenters. The lowest BCUT2D eigenvalue weighted by atomic mass is 9.87. The van der Waals surface area contributed by atoms with Crippen LogP contribution in [0.25, 0.3) is 0 Å². The summed E-state index contributed by atoms with van der Waals surface area (Å²) in [5, 5.41) is 2.94. The van der Waals surface area contributed by atoms with E-state index < -0.39 is 10.0 Å². The maximum absolute atomic E-state index is 12.7. The van der Waals surface area contributed by atoms with E-state index in [1.807, 2.05) is 0 Å². The molecule has 2 aliphatic rings. The molecule has 0 atom stereocenters. The van der Waals surface area contributed by atoms with Crippen molar-refractivity contribution in [2.24, 2.45) is 5.92 Å². The first kappa shape index (κ1) is 22.7. The van der Waals surface area contributed by atoms with Crippen LogP contribution >= 0.6 is 0 Å². The summed E-state index contributed by atoms with van der Waals surface area (Å²) >= 11 is 0. The van der Waals surface area contributed by atoms with Gasteiger partial charge in [-0.3, -0.25) is 9.59 Å². The van der Waals surface area contributed by atoms with E-state index in [4.69, 9.17) is 0 Å². The molecule has 1 aromatic rings. The predicted octanol–water partition coefficient (Wildman–Crippen LogP) is 2.39. The summed E-state index contributed by atoms with van der Waals surface area (Å²) in [4.78, 5) is 26.4. The van der Waals surface area contributed by atoms with Crippen LogP contribution in [0.4, 0.5) is 0 Å². The molecule has 1 N–H and O–H groups in total. The molecular weight excluding hydrogens is 402 g/mol. The van der Waals surface area contributed by atoms with Gasteiger partial charge in [-0.2, -0.15) is 4.31 Å². The van der Waals surface area contributed by atoms with Crippen molar-refractivity contribution in [1.82, 2.24) is 14.5 Å². The van der Waals surface area contributed by atoms with E-state index in [0.29, 0.717) is 19.6 Å². The van der Waals surface area contributed by atoms with E-state index >= 15 is 0 Å². The highest BCUT2D eigenvalue weighted by Gasteiger charge is 2.29. The summed E-state index contributed by atoms with van der Waals surface area (Å²) in [6.45, 7) is 1.95. The molecule has 30 heavy (non-hydrogen) atoms. The second kappa shape index (κ2) is 10.9. The average Bonchev–Trinajstić information content (AvgIpc) is 2.79. The van der Waals surface area contributed by atoms with Crippen LogP contribution in [0.15, 0.2) is 35.2 Å². The van der Waals surface area contributed by atoms with Crippen molar-refractivity contribution in [3.63, 3.8) is 0 Å². The normalized spacial score (nSPS) is 18.9. The van der Waals surface area contributed by atoms with Crippen LogP contribution in [0.1, 0.15) is 51.4 Å². The third-order valence-electron chi connectivity index (χ3n) is 6.14. The Hall–Kier alpha value is -1.93. The first-order valence-electron chi connectivity index (χ1n) is 11.1. The SMILES string of the molecule is O=C(CCC(=O)N1CCN(S(=O)(=O)c2ccccc2)CC1)NCCC1CCCCC1. The molecule has 1 aromatic carbocycles. The number of piperazine rings is 1. The lowest BCUT2D eigenvalue weighted by Crippen LogP contribution is -2.50. The number of rotatable bonds is 8. The van der Waals surface area contributed by atoms with Gasteiger partial charge in [0.1, 0.15) is 0 Å². The molecule has 3 rings (SSSR count). The first-order chi connectivity index (χ1) is 14.5. The molecule has 1 heterocycles. The third kappa shape index (κ3) is 6.28. The van der Waals surface area contributed by atoms with Crippen LogP contribution in [-0.2, 0) is 19.6 Å². The number of carbonyl (C=O) groups is 2. The van der Waals surface area contributed by atoms with Crippen LogP contribution in [0.2, 0.25) is 0 Å². The van der Waals surface area contributed by atoms with Gasteiger partial charge in [-0.1, -0.05) is 50.3 Å². The highest BCUT2D eigenvalue weighted by atomic mass is 32.2. The molecule has 0 spiro atoms. The number of nitrogens with one attached hydrogen (secondary N) is 1. The zero-order chi connectivity index (χ0) is 21.4. The number of amides is 2. The van der Waals surface area contributed by atoms with Crippen LogP contribution in [0.5, 0.6) is 0 Å². The van der Waals surface area contributed by atoms with E-state index in [9.17, 15) is 18.0 Å². The van der Waals surface area contributed by atoms with Crippen LogP contribution < -0.4 is 5.32 Å². The second-order valence-corrected chi connectivity index (χ2v) is 10.2. The van der Waals surface area contributed by atoms with E-state index in [1.54, 1.807) is 35.2 Å². The third-order valence-corrected chi connectivity index (χ3v) is 8.05.